The van der Waals surface area contributed by atoms with Crippen molar-refractivity contribution in [3.63, 3.8) is 0 Å². The van der Waals surface area contributed by atoms with E-state index in [1.54, 1.807) is 23.3 Å². The maximum atomic E-state index is 12.2. The molecule has 1 aliphatic rings. The van der Waals surface area contributed by atoms with Crippen molar-refractivity contribution in [3.05, 3.63) is 83.0 Å². The van der Waals surface area contributed by atoms with Gasteiger partial charge in [-0.3, -0.25) is 14.8 Å². The van der Waals surface area contributed by atoms with Gasteiger partial charge in [0, 0.05) is 41.6 Å². The zero-order valence-corrected chi connectivity index (χ0v) is 24.3. The number of halogens is 1. The Bertz CT molecular complexity index is 1880. The predicted octanol–water partition coefficient (Wildman–Crippen LogP) is 5.53. The number of pyridine rings is 2. The van der Waals surface area contributed by atoms with E-state index >= 15 is 0 Å². The monoisotopic (exact) mass is 579 g/mol. The largest absolute Gasteiger partial charge is 0.383 e. The number of nitrogens with two attached hydrogens (primary N) is 1. The Morgan fingerprint density at radius 3 is 2.74 bits per heavy atom. The quantitative estimate of drug-likeness (QED) is 0.217. The van der Waals surface area contributed by atoms with Gasteiger partial charge in [0.05, 0.1) is 34.0 Å². The number of fused-ring (bicyclic) bond motifs is 2. The van der Waals surface area contributed by atoms with E-state index < -0.39 is 17.5 Å². The summed E-state index contributed by atoms with van der Waals surface area (Å²) in [6.07, 6.45) is 8.15. The van der Waals surface area contributed by atoms with E-state index in [1.165, 1.54) is 0 Å². The van der Waals surface area contributed by atoms with Crippen molar-refractivity contribution in [3.8, 4) is 6.07 Å². The van der Waals surface area contributed by atoms with Crippen LogP contribution in [0, 0.1) is 16.7 Å². The second-order valence-electron chi connectivity index (χ2n) is 11.9. The molecule has 1 aliphatic carbocycles. The number of hydrogen-bond acceptors (Lipinski definition) is 8. The third-order valence-electron chi connectivity index (χ3n) is 7.60. The highest BCUT2D eigenvalue weighted by molar-refractivity contribution is 6.35. The van der Waals surface area contributed by atoms with Crippen LogP contribution >= 0.6 is 11.6 Å². The SMILES string of the molecule is CC(C)(C)CNc1c(C#N)cnc2c(Cl)cc(NC(c3cn(C4(C(N)=O)CC4)nn3)c3cccc4cnccc34)cc12. The molecule has 212 valence electrons. The van der Waals surface area contributed by atoms with E-state index in [9.17, 15) is 10.1 Å². The number of primary amides is 1. The van der Waals surface area contributed by atoms with Gasteiger partial charge < -0.3 is 16.4 Å². The number of amides is 1. The van der Waals surface area contributed by atoms with Crippen LogP contribution in [0.2, 0.25) is 5.02 Å². The van der Waals surface area contributed by atoms with Crippen molar-refractivity contribution in [2.75, 3.05) is 17.2 Å². The highest BCUT2D eigenvalue weighted by atomic mass is 35.5. The van der Waals surface area contributed by atoms with Gasteiger partial charge in [0.1, 0.15) is 17.3 Å². The summed E-state index contributed by atoms with van der Waals surface area (Å²) in [6, 6.07) is 13.5. The number of carbonyl (C=O) groups excluding carboxylic acids is 1. The normalized spacial score (nSPS) is 14.8. The average molecular weight is 580 g/mol. The van der Waals surface area contributed by atoms with Gasteiger partial charge in [-0.05, 0) is 47.4 Å². The molecular weight excluding hydrogens is 550 g/mol. The standard InChI is InChI=1S/C31H30ClN9O/c1-30(2,3)17-37-26-19(13-33)15-36-27-23(26)11-20(12-24(27)32)38-28(22-6-4-5-18-14-35-10-7-21(18)22)25-16-41(40-39-25)31(8-9-31)29(34)42/h4-7,10-12,14-16,28,38H,8-9,17H2,1-3H3,(H2,34,42)(H,36,37). The number of carbonyl (C=O) groups is 1. The molecule has 42 heavy (non-hydrogen) atoms. The lowest BCUT2D eigenvalue weighted by molar-refractivity contribution is -0.122. The van der Waals surface area contributed by atoms with Crippen LogP contribution in [0.5, 0.6) is 0 Å². The minimum atomic E-state index is -0.836. The highest BCUT2D eigenvalue weighted by Gasteiger charge is 2.52. The minimum Gasteiger partial charge on any atom is -0.383 e. The molecule has 3 aromatic heterocycles. The number of benzene rings is 2. The Morgan fingerprint density at radius 2 is 2.02 bits per heavy atom. The molecule has 0 bridgehead atoms. The summed E-state index contributed by atoms with van der Waals surface area (Å²) in [5.41, 5.74) is 8.81. The minimum absolute atomic E-state index is 0.0219. The molecule has 1 atom stereocenters. The summed E-state index contributed by atoms with van der Waals surface area (Å²) in [5, 5.41) is 28.9. The molecule has 1 unspecified atom stereocenters. The van der Waals surface area contributed by atoms with Crippen LogP contribution in [0.3, 0.4) is 0 Å². The lowest BCUT2D eigenvalue weighted by Crippen LogP contribution is -2.34. The summed E-state index contributed by atoms with van der Waals surface area (Å²) >= 11 is 6.79. The average Bonchev–Trinajstić information content (AvgIpc) is 3.64. The van der Waals surface area contributed by atoms with Gasteiger partial charge in [0.2, 0.25) is 5.91 Å². The van der Waals surface area contributed by atoms with Crippen molar-refractivity contribution < 1.29 is 4.79 Å². The molecular formula is C31H30ClN9O. The molecule has 0 spiro atoms. The van der Waals surface area contributed by atoms with Gasteiger partial charge in [0.25, 0.3) is 0 Å². The first kappa shape index (κ1) is 27.4. The lowest BCUT2D eigenvalue weighted by atomic mass is 9.96. The third-order valence-corrected chi connectivity index (χ3v) is 7.89. The number of anilines is 2. The van der Waals surface area contributed by atoms with Crippen LogP contribution in [0.1, 0.15) is 56.5 Å². The van der Waals surface area contributed by atoms with Gasteiger partial charge in [0.15, 0.2) is 0 Å². The lowest BCUT2D eigenvalue weighted by Gasteiger charge is -2.23. The van der Waals surface area contributed by atoms with E-state index in [2.05, 4.69) is 57.8 Å². The van der Waals surface area contributed by atoms with Crippen LogP contribution in [0.15, 0.2) is 61.2 Å². The first-order chi connectivity index (χ1) is 20.1. The Balaban J connectivity index is 1.49. The molecule has 0 aliphatic heterocycles. The number of nitrogens with one attached hydrogen (secondary N) is 2. The van der Waals surface area contributed by atoms with Gasteiger partial charge in [-0.25, -0.2) is 4.68 Å². The summed E-state index contributed by atoms with van der Waals surface area (Å²) in [6.45, 7) is 7.01. The van der Waals surface area contributed by atoms with E-state index in [-0.39, 0.29) is 5.41 Å². The Kier molecular flexibility index (Phi) is 6.70. The molecule has 4 N–H and O–H groups in total. The molecule has 10 nitrogen and oxygen atoms in total. The van der Waals surface area contributed by atoms with Gasteiger partial charge >= 0.3 is 0 Å². The van der Waals surface area contributed by atoms with Gasteiger partial charge in [-0.1, -0.05) is 55.8 Å². The van der Waals surface area contributed by atoms with Gasteiger partial charge in [-0.15, -0.1) is 5.10 Å². The Labute approximate surface area is 247 Å². The number of rotatable bonds is 8. The molecule has 5 aromatic rings. The molecule has 1 fully saturated rings. The van der Waals surface area contributed by atoms with Crippen LogP contribution < -0.4 is 16.4 Å². The summed E-state index contributed by atoms with van der Waals surface area (Å²) < 4.78 is 1.58. The van der Waals surface area contributed by atoms with E-state index in [0.29, 0.717) is 52.6 Å². The van der Waals surface area contributed by atoms with E-state index in [0.717, 1.165) is 21.7 Å². The van der Waals surface area contributed by atoms with E-state index in [1.807, 2.05) is 42.6 Å². The molecule has 11 heteroatoms. The molecule has 1 saturated carbocycles. The molecule has 0 radical (unpaired) electrons. The number of aromatic nitrogens is 5. The second-order valence-corrected chi connectivity index (χ2v) is 12.3. The number of nitrogens with zero attached hydrogens (tertiary/aromatic N) is 6. The smallest absolute Gasteiger partial charge is 0.245 e. The Hall–Kier alpha value is -4.75. The van der Waals surface area contributed by atoms with Crippen LogP contribution in [-0.2, 0) is 10.3 Å². The van der Waals surface area contributed by atoms with Crippen LogP contribution in [0.25, 0.3) is 21.7 Å². The third kappa shape index (κ3) is 4.97. The molecule has 3 heterocycles. The van der Waals surface area contributed by atoms with Crippen molar-refractivity contribution in [2.45, 2.75) is 45.2 Å². The molecule has 2 aromatic carbocycles. The molecule has 0 saturated heterocycles. The fourth-order valence-corrected chi connectivity index (χ4v) is 5.44. The summed E-state index contributed by atoms with van der Waals surface area (Å²) in [7, 11) is 0. The zero-order chi connectivity index (χ0) is 29.6. The molecule has 1 amide bonds. The first-order valence-electron chi connectivity index (χ1n) is 13.7. The van der Waals surface area contributed by atoms with E-state index in [4.69, 9.17) is 17.3 Å². The number of nitriles is 1. The number of hydrogen-bond donors (Lipinski definition) is 3. The second kappa shape index (κ2) is 10.3. The van der Waals surface area contributed by atoms with Gasteiger partial charge in [-0.2, -0.15) is 5.26 Å². The summed E-state index contributed by atoms with van der Waals surface area (Å²) in [4.78, 5) is 21.0. The Morgan fingerprint density at radius 1 is 1.21 bits per heavy atom. The van der Waals surface area contributed by atoms with Crippen molar-refractivity contribution >= 4 is 50.6 Å². The van der Waals surface area contributed by atoms with Crippen molar-refractivity contribution in [2.24, 2.45) is 11.1 Å². The van der Waals surface area contributed by atoms with Crippen LogP contribution in [-0.4, -0.2) is 37.4 Å². The van der Waals surface area contributed by atoms with Crippen molar-refractivity contribution in [1.82, 2.24) is 25.0 Å². The fourth-order valence-electron chi connectivity index (χ4n) is 5.17. The maximum Gasteiger partial charge on any atom is 0.245 e. The van der Waals surface area contributed by atoms with Crippen molar-refractivity contribution in [1.29, 1.82) is 5.26 Å². The topological polar surface area (TPSA) is 147 Å². The zero-order valence-electron chi connectivity index (χ0n) is 23.5. The highest BCUT2D eigenvalue weighted by Crippen LogP contribution is 2.43. The predicted molar refractivity (Wildman–Crippen MR) is 163 cm³/mol. The summed E-state index contributed by atoms with van der Waals surface area (Å²) in [5.74, 6) is -0.419. The maximum absolute atomic E-state index is 12.2. The molecule has 6 rings (SSSR count). The fraction of sp³-hybridized carbons (Fsp3) is 0.290. The first-order valence-corrected chi connectivity index (χ1v) is 14.1. The van der Waals surface area contributed by atoms with Crippen LogP contribution in [0.4, 0.5) is 11.4 Å².